The number of carbonyl (C=O) groups is 1. The monoisotopic (exact) mass is 299 g/mol. The van der Waals surface area contributed by atoms with E-state index in [9.17, 15) is 4.79 Å². The summed E-state index contributed by atoms with van der Waals surface area (Å²) in [6.45, 7) is 4.65. The Bertz CT molecular complexity index is 677. The molecular weight excluding hydrogens is 278 g/mol. The maximum atomic E-state index is 11.0. The van der Waals surface area contributed by atoms with Gasteiger partial charge >= 0.3 is 5.97 Å². The summed E-state index contributed by atoms with van der Waals surface area (Å²) in [6.07, 6.45) is 4.74. The number of rotatable bonds is 3. The first-order valence-electron chi connectivity index (χ1n) is 7.76. The molecule has 1 aromatic heterocycles. The number of hydrogen-bond donors (Lipinski definition) is 1. The third-order valence-electron chi connectivity index (χ3n) is 4.73. The molecule has 116 valence electrons. The highest BCUT2D eigenvalue weighted by Gasteiger charge is 2.29. The molecular formula is C18H21NO3. The lowest BCUT2D eigenvalue weighted by atomic mass is 9.70. The zero-order valence-electron chi connectivity index (χ0n) is 13.0. The topological polar surface area (TPSA) is 63.3 Å². The van der Waals surface area contributed by atoms with Crippen molar-refractivity contribution in [3.63, 3.8) is 0 Å². The van der Waals surface area contributed by atoms with E-state index in [2.05, 4.69) is 25.1 Å². The van der Waals surface area contributed by atoms with Crippen molar-refractivity contribution < 1.29 is 14.4 Å². The number of aromatic carboxylic acids is 1. The molecule has 3 rings (SSSR count). The molecule has 0 radical (unpaired) electrons. The number of hydrogen-bond acceptors (Lipinski definition) is 3. The van der Waals surface area contributed by atoms with Crippen LogP contribution in [0.3, 0.4) is 0 Å². The molecule has 4 nitrogen and oxygen atoms in total. The molecule has 22 heavy (non-hydrogen) atoms. The third kappa shape index (κ3) is 2.91. The second-order valence-electron chi connectivity index (χ2n) is 6.91. The minimum atomic E-state index is -1.06. The van der Waals surface area contributed by atoms with Crippen LogP contribution in [0.15, 0.2) is 34.9 Å². The highest BCUT2D eigenvalue weighted by Crippen LogP contribution is 2.44. The second kappa shape index (κ2) is 5.59. The molecule has 1 aromatic carbocycles. The Morgan fingerprint density at radius 2 is 1.95 bits per heavy atom. The smallest absolute Gasteiger partial charge is 0.358 e. The Morgan fingerprint density at radius 3 is 2.59 bits per heavy atom. The minimum Gasteiger partial charge on any atom is -0.476 e. The molecule has 0 unspecified atom stereocenters. The number of aromatic nitrogens is 1. The number of carboxylic acids is 1. The average molecular weight is 299 g/mol. The largest absolute Gasteiger partial charge is 0.476 e. The van der Waals surface area contributed by atoms with E-state index in [-0.39, 0.29) is 5.69 Å². The van der Waals surface area contributed by atoms with Crippen LogP contribution in [0.1, 0.15) is 61.5 Å². The summed E-state index contributed by atoms with van der Waals surface area (Å²) in [4.78, 5) is 11.0. The van der Waals surface area contributed by atoms with Gasteiger partial charge in [0.1, 0.15) is 0 Å². The Morgan fingerprint density at radius 1 is 1.27 bits per heavy atom. The van der Waals surface area contributed by atoms with Crippen LogP contribution in [0.2, 0.25) is 0 Å². The fraction of sp³-hybridized carbons (Fsp3) is 0.444. The van der Waals surface area contributed by atoms with Crippen LogP contribution < -0.4 is 0 Å². The summed E-state index contributed by atoms with van der Waals surface area (Å²) >= 11 is 0. The highest BCUT2D eigenvalue weighted by molar-refractivity contribution is 5.86. The summed E-state index contributed by atoms with van der Waals surface area (Å²) < 4.78 is 5.25. The third-order valence-corrected chi connectivity index (χ3v) is 4.73. The van der Waals surface area contributed by atoms with E-state index in [1.54, 1.807) is 0 Å². The van der Waals surface area contributed by atoms with Crippen molar-refractivity contribution in [2.75, 3.05) is 0 Å². The van der Waals surface area contributed by atoms with Crippen LogP contribution in [0.25, 0.3) is 11.3 Å². The summed E-state index contributed by atoms with van der Waals surface area (Å²) in [5.41, 5.74) is 2.58. The first-order chi connectivity index (χ1) is 10.5. The maximum Gasteiger partial charge on any atom is 0.358 e. The van der Waals surface area contributed by atoms with Crippen molar-refractivity contribution in [3.05, 3.63) is 41.6 Å². The van der Waals surface area contributed by atoms with E-state index in [0.29, 0.717) is 17.1 Å². The predicted octanol–water partition coefficient (Wildman–Crippen LogP) is 4.72. The van der Waals surface area contributed by atoms with Gasteiger partial charge in [-0.1, -0.05) is 43.3 Å². The van der Waals surface area contributed by atoms with Gasteiger partial charge in [0, 0.05) is 11.6 Å². The molecule has 0 spiro atoms. The van der Waals surface area contributed by atoms with Crippen LogP contribution in [0.5, 0.6) is 0 Å². The van der Waals surface area contributed by atoms with Gasteiger partial charge in [0.2, 0.25) is 0 Å². The lowest BCUT2D eigenvalue weighted by Crippen LogP contribution is -2.20. The van der Waals surface area contributed by atoms with Gasteiger partial charge in [-0.15, -0.1) is 0 Å². The Hall–Kier alpha value is -2.10. The van der Waals surface area contributed by atoms with Crippen molar-refractivity contribution in [1.82, 2.24) is 5.16 Å². The molecule has 4 heteroatoms. The van der Waals surface area contributed by atoms with E-state index < -0.39 is 5.97 Å². The summed E-state index contributed by atoms with van der Waals surface area (Å²) in [5.74, 6) is -0.0210. The molecule has 0 amide bonds. The van der Waals surface area contributed by atoms with Crippen LogP contribution in [-0.4, -0.2) is 16.2 Å². The van der Waals surface area contributed by atoms with Gasteiger partial charge in [-0.3, -0.25) is 0 Å². The fourth-order valence-electron chi connectivity index (χ4n) is 3.29. The predicted molar refractivity (Wildman–Crippen MR) is 83.9 cm³/mol. The molecule has 0 bridgehead atoms. The van der Waals surface area contributed by atoms with Crippen molar-refractivity contribution in [2.24, 2.45) is 5.41 Å². The second-order valence-corrected chi connectivity index (χ2v) is 6.91. The van der Waals surface area contributed by atoms with Gasteiger partial charge in [0.05, 0.1) is 0 Å². The van der Waals surface area contributed by atoms with E-state index >= 15 is 0 Å². The van der Waals surface area contributed by atoms with Gasteiger partial charge in [-0.05, 0) is 42.6 Å². The summed E-state index contributed by atoms with van der Waals surface area (Å²) in [7, 11) is 0. The summed E-state index contributed by atoms with van der Waals surface area (Å²) in [6, 6.07) is 9.61. The lowest BCUT2D eigenvalue weighted by molar-refractivity contribution is 0.0686. The highest BCUT2D eigenvalue weighted by atomic mass is 16.5. The Kier molecular flexibility index (Phi) is 3.77. The van der Waals surface area contributed by atoms with Crippen molar-refractivity contribution in [3.8, 4) is 11.3 Å². The molecule has 1 fully saturated rings. The molecule has 1 heterocycles. The van der Waals surface area contributed by atoms with Crippen LogP contribution in [-0.2, 0) is 0 Å². The summed E-state index contributed by atoms with van der Waals surface area (Å²) in [5, 5.41) is 12.6. The zero-order valence-corrected chi connectivity index (χ0v) is 13.0. The molecule has 0 saturated heterocycles. The molecule has 0 aliphatic heterocycles. The van der Waals surface area contributed by atoms with Gasteiger partial charge in [0.15, 0.2) is 11.5 Å². The molecule has 1 aliphatic rings. The lowest BCUT2D eigenvalue weighted by Gasteiger charge is -2.35. The first-order valence-corrected chi connectivity index (χ1v) is 7.76. The van der Waals surface area contributed by atoms with Crippen LogP contribution in [0, 0.1) is 5.41 Å². The van der Waals surface area contributed by atoms with Crippen LogP contribution in [0.4, 0.5) is 0 Å². The Balaban J connectivity index is 1.91. The molecule has 1 aliphatic carbocycles. The number of carboxylic acid groups (broad SMARTS) is 1. The molecule has 2 aromatic rings. The van der Waals surface area contributed by atoms with Gasteiger partial charge < -0.3 is 9.63 Å². The van der Waals surface area contributed by atoms with Crippen molar-refractivity contribution in [1.29, 1.82) is 0 Å². The molecule has 1 saturated carbocycles. The standard InChI is InChI=1S/C18H21NO3/c1-18(2)9-7-12(8-10-18)13-5-3-4-6-14(13)16-11-15(17(20)21)19-22-16/h3-6,11-12H,7-10H2,1-2H3,(H,20,21). The SMILES string of the molecule is CC1(C)CCC(c2ccccc2-c2cc(C(=O)O)no2)CC1. The van der Waals surface area contributed by atoms with Gasteiger partial charge in [-0.2, -0.15) is 0 Å². The van der Waals surface area contributed by atoms with E-state index in [1.165, 1.54) is 24.5 Å². The van der Waals surface area contributed by atoms with E-state index in [4.69, 9.17) is 9.63 Å². The normalized spacial score (nSPS) is 18.3. The molecule has 0 atom stereocenters. The zero-order chi connectivity index (χ0) is 15.7. The van der Waals surface area contributed by atoms with Gasteiger partial charge in [-0.25, -0.2) is 4.79 Å². The number of benzene rings is 1. The quantitative estimate of drug-likeness (QED) is 0.890. The van der Waals surface area contributed by atoms with E-state index in [1.807, 2.05) is 18.2 Å². The van der Waals surface area contributed by atoms with Crippen molar-refractivity contribution >= 4 is 5.97 Å². The maximum absolute atomic E-state index is 11.0. The minimum absolute atomic E-state index is 0.0467. The van der Waals surface area contributed by atoms with Gasteiger partial charge in [0.25, 0.3) is 0 Å². The average Bonchev–Trinajstić information content (AvgIpc) is 2.97. The molecule has 1 N–H and O–H groups in total. The fourth-order valence-corrected chi connectivity index (χ4v) is 3.29. The van der Waals surface area contributed by atoms with E-state index in [0.717, 1.165) is 18.4 Å². The number of nitrogens with zero attached hydrogens (tertiary/aromatic N) is 1. The Labute approximate surface area is 130 Å². The van der Waals surface area contributed by atoms with Crippen LogP contribution >= 0.6 is 0 Å². The van der Waals surface area contributed by atoms with Crippen molar-refractivity contribution in [2.45, 2.75) is 45.4 Å². The first kappa shape index (κ1) is 14.8.